The van der Waals surface area contributed by atoms with Crippen molar-refractivity contribution in [3.05, 3.63) is 23.8 Å². The van der Waals surface area contributed by atoms with Gasteiger partial charge >= 0.3 is 0 Å². The summed E-state index contributed by atoms with van der Waals surface area (Å²) in [6.45, 7) is 4.68. The van der Waals surface area contributed by atoms with Gasteiger partial charge in [0.2, 0.25) is 0 Å². The molecule has 0 radical (unpaired) electrons. The predicted octanol–water partition coefficient (Wildman–Crippen LogP) is 3.95. The summed E-state index contributed by atoms with van der Waals surface area (Å²) < 4.78 is 0. The molecule has 2 rings (SSSR count). The van der Waals surface area contributed by atoms with Crippen LogP contribution in [0, 0.1) is 17.8 Å². The highest BCUT2D eigenvalue weighted by Crippen LogP contribution is 2.40. The zero-order valence-corrected chi connectivity index (χ0v) is 8.79. The molecule has 72 valence electrons. The Morgan fingerprint density at radius 2 is 2.08 bits per heavy atom. The van der Waals surface area contributed by atoms with Gasteiger partial charge in [-0.25, -0.2) is 0 Å². The lowest BCUT2D eigenvalue weighted by molar-refractivity contribution is 0.346. The fourth-order valence-corrected chi connectivity index (χ4v) is 2.86. The van der Waals surface area contributed by atoms with Crippen molar-refractivity contribution in [2.24, 2.45) is 17.8 Å². The molecule has 2 aliphatic carbocycles. The molecule has 0 aromatic carbocycles. The smallest absolute Gasteiger partial charge is 0.0135 e. The summed E-state index contributed by atoms with van der Waals surface area (Å²) in [6.07, 6.45) is 12.7. The molecule has 0 nitrogen and oxygen atoms in total. The second-order valence-corrected chi connectivity index (χ2v) is 4.71. The van der Waals surface area contributed by atoms with Crippen LogP contribution >= 0.6 is 0 Å². The standard InChI is InChI=1S/C13H20/c1-10(2)12-9-5-7-11-6-3-4-8-13(11)12/h3,6,9-11,13H,4-5,7-8H2,1-2H3. The Kier molecular flexibility index (Phi) is 2.57. The SMILES string of the molecule is CC(C)C1=CCCC2C=CCCC12. The van der Waals surface area contributed by atoms with E-state index in [9.17, 15) is 0 Å². The zero-order valence-electron chi connectivity index (χ0n) is 8.79. The first-order valence-electron chi connectivity index (χ1n) is 5.65. The van der Waals surface area contributed by atoms with Crippen molar-refractivity contribution in [2.75, 3.05) is 0 Å². The van der Waals surface area contributed by atoms with E-state index in [1.807, 2.05) is 0 Å². The number of hydrogen-bond acceptors (Lipinski definition) is 0. The number of hydrogen-bond donors (Lipinski definition) is 0. The molecule has 0 saturated carbocycles. The van der Waals surface area contributed by atoms with E-state index in [4.69, 9.17) is 0 Å². The van der Waals surface area contributed by atoms with Crippen molar-refractivity contribution in [2.45, 2.75) is 39.5 Å². The number of fused-ring (bicyclic) bond motifs is 1. The summed E-state index contributed by atoms with van der Waals surface area (Å²) in [6, 6.07) is 0. The Morgan fingerprint density at radius 3 is 2.85 bits per heavy atom. The van der Waals surface area contributed by atoms with Gasteiger partial charge in [-0.2, -0.15) is 0 Å². The largest absolute Gasteiger partial charge is 0.0882 e. The van der Waals surface area contributed by atoms with Gasteiger partial charge in [-0.1, -0.05) is 37.6 Å². The molecule has 2 aliphatic rings. The first-order chi connectivity index (χ1) is 6.29. The second-order valence-electron chi connectivity index (χ2n) is 4.71. The first kappa shape index (κ1) is 9.05. The molecular weight excluding hydrogens is 156 g/mol. The van der Waals surface area contributed by atoms with Crippen molar-refractivity contribution >= 4 is 0 Å². The monoisotopic (exact) mass is 176 g/mol. The quantitative estimate of drug-likeness (QED) is 0.531. The van der Waals surface area contributed by atoms with E-state index in [2.05, 4.69) is 32.1 Å². The van der Waals surface area contributed by atoms with Crippen molar-refractivity contribution in [3.8, 4) is 0 Å². The van der Waals surface area contributed by atoms with Gasteiger partial charge in [0.25, 0.3) is 0 Å². The van der Waals surface area contributed by atoms with E-state index >= 15 is 0 Å². The van der Waals surface area contributed by atoms with Crippen LogP contribution in [0.5, 0.6) is 0 Å². The Bertz CT molecular complexity index is 232. The van der Waals surface area contributed by atoms with Gasteiger partial charge in [0.05, 0.1) is 0 Å². The molecule has 0 fully saturated rings. The van der Waals surface area contributed by atoms with E-state index < -0.39 is 0 Å². The lowest BCUT2D eigenvalue weighted by Crippen LogP contribution is -2.23. The van der Waals surface area contributed by atoms with Crippen LogP contribution in [0.25, 0.3) is 0 Å². The third-order valence-electron chi connectivity index (χ3n) is 3.52. The van der Waals surface area contributed by atoms with Gasteiger partial charge in [0.1, 0.15) is 0 Å². The number of allylic oxidation sites excluding steroid dienone is 4. The number of rotatable bonds is 1. The van der Waals surface area contributed by atoms with Gasteiger partial charge < -0.3 is 0 Å². The molecule has 0 spiro atoms. The maximum atomic E-state index is 2.50. The van der Waals surface area contributed by atoms with Crippen LogP contribution in [0.15, 0.2) is 23.8 Å². The van der Waals surface area contributed by atoms with Crippen LogP contribution in [-0.2, 0) is 0 Å². The van der Waals surface area contributed by atoms with Gasteiger partial charge in [-0.15, -0.1) is 0 Å². The van der Waals surface area contributed by atoms with Crippen LogP contribution in [0.3, 0.4) is 0 Å². The Labute approximate surface area is 81.7 Å². The highest BCUT2D eigenvalue weighted by molar-refractivity contribution is 5.19. The van der Waals surface area contributed by atoms with E-state index in [1.165, 1.54) is 25.7 Å². The highest BCUT2D eigenvalue weighted by atomic mass is 14.3. The second kappa shape index (κ2) is 3.69. The molecular formula is C13H20. The summed E-state index contributed by atoms with van der Waals surface area (Å²) in [7, 11) is 0. The highest BCUT2D eigenvalue weighted by Gasteiger charge is 2.28. The molecule has 0 heteroatoms. The molecule has 0 amide bonds. The molecule has 0 heterocycles. The van der Waals surface area contributed by atoms with Gasteiger partial charge in [-0.3, -0.25) is 0 Å². The molecule has 0 aromatic heterocycles. The fraction of sp³-hybridized carbons (Fsp3) is 0.692. The summed E-state index contributed by atoms with van der Waals surface area (Å²) >= 11 is 0. The fourth-order valence-electron chi connectivity index (χ4n) is 2.86. The van der Waals surface area contributed by atoms with E-state index in [1.54, 1.807) is 5.57 Å². The van der Waals surface area contributed by atoms with Crippen LogP contribution in [0.2, 0.25) is 0 Å². The summed E-state index contributed by atoms with van der Waals surface area (Å²) in [5.74, 6) is 2.52. The normalized spacial score (nSPS) is 33.0. The maximum Gasteiger partial charge on any atom is -0.0135 e. The lowest BCUT2D eigenvalue weighted by atomic mass is 9.70. The molecule has 0 bridgehead atoms. The molecule has 0 N–H and O–H groups in total. The molecule has 2 unspecified atom stereocenters. The topological polar surface area (TPSA) is 0 Å². The summed E-state index contributed by atoms with van der Waals surface area (Å²) in [4.78, 5) is 0. The van der Waals surface area contributed by atoms with Crippen LogP contribution < -0.4 is 0 Å². The van der Waals surface area contributed by atoms with Crippen LogP contribution in [0.4, 0.5) is 0 Å². The Balaban J connectivity index is 2.19. The maximum absolute atomic E-state index is 2.50. The summed E-state index contributed by atoms with van der Waals surface area (Å²) in [5.41, 5.74) is 1.74. The minimum atomic E-state index is 0.763. The predicted molar refractivity (Wildman–Crippen MR) is 57.5 cm³/mol. The van der Waals surface area contributed by atoms with E-state index in [0.29, 0.717) is 0 Å². The molecule has 2 atom stereocenters. The third-order valence-corrected chi connectivity index (χ3v) is 3.52. The van der Waals surface area contributed by atoms with Crippen molar-refractivity contribution < 1.29 is 0 Å². The average Bonchev–Trinajstić information content (AvgIpc) is 2.17. The van der Waals surface area contributed by atoms with Crippen molar-refractivity contribution in [1.82, 2.24) is 0 Å². The molecule has 13 heavy (non-hydrogen) atoms. The minimum absolute atomic E-state index is 0.763. The molecule has 0 aliphatic heterocycles. The molecule has 0 aromatic rings. The zero-order chi connectivity index (χ0) is 9.26. The minimum Gasteiger partial charge on any atom is -0.0882 e. The van der Waals surface area contributed by atoms with E-state index in [-0.39, 0.29) is 0 Å². The van der Waals surface area contributed by atoms with Gasteiger partial charge in [-0.05, 0) is 43.4 Å². The van der Waals surface area contributed by atoms with E-state index in [0.717, 1.165) is 17.8 Å². The van der Waals surface area contributed by atoms with Crippen molar-refractivity contribution in [1.29, 1.82) is 0 Å². The summed E-state index contributed by atoms with van der Waals surface area (Å²) in [5, 5.41) is 0. The Morgan fingerprint density at radius 1 is 1.23 bits per heavy atom. The molecule has 0 saturated heterocycles. The van der Waals surface area contributed by atoms with Crippen LogP contribution in [-0.4, -0.2) is 0 Å². The third kappa shape index (κ3) is 1.72. The average molecular weight is 176 g/mol. The van der Waals surface area contributed by atoms with Gasteiger partial charge in [0.15, 0.2) is 0 Å². The van der Waals surface area contributed by atoms with Crippen LogP contribution in [0.1, 0.15) is 39.5 Å². The van der Waals surface area contributed by atoms with Gasteiger partial charge in [0, 0.05) is 0 Å². The lowest BCUT2D eigenvalue weighted by Gasteiger charge is -2.35. The Hall–Kier alpha value is -0.520. The van der Waals surface area contributed by atoms with Crippen molar-refractivity contribution in [3.63, 3.8) is 0 Å². The first-order valence-corrected chi connectivity index (χ1v) is 5.65.